The van der Waals surface area contributed by atoms with Crippen molar-refractivity contribution in [3.63, 3.8) is 0 Å². The molecular weight excluding hydrogens is 168 g/mol. The first kappa shape index (κ1) is 7.99. The van der Waals surface area contributed by atoms with Gasteiger partial charge in [-0.2, -0.15) is 0 Å². The van der Waals surface area contributed by atoms with Gasteiger partial charge in [-0.05, 0) is 19.9 Å². The van der Waals surface area contributed by atoms with Gasteiger partial charge in [0.05, 0.1) is 0 Å². The lowest BCUT2D eigenvalue weighted by molar-refractivity contribution is 0.467. The van der Waals surface area contributed by atoms with Gasteiger partial charge < -0.3 is 5.11 Å². The highest BCUT2D eigenvalue weighted by Crippen LogP contribution is 2.65. The van der Waals surface area contributed by atoms with Crippen LogP contribution in [0, 0.1) is 0 Å². The first-order chi connectivity index (χ1) is 5.61. The van der Waals surface area contributed by atoms with Gasteiger partial charge in [0.25, 0.3) is 0 Å². The molecule has 1 aromatic rings. The molecule has 0 saturated carbocycles. The van der Waals surface area contributed by atoms with Crippen LogP contribution < -0.4 is 0 Å². The van der Waals surface area contributed by atoms with Crippen molar-refractivity contribution in [2.45, 2.75) is 23.8 Å². The molecule has 1 nitrogen and oxygen atoms in total. The van der Waals surface area contributed by atoms with Crippen LogP contribution >= 0.6 is 11.8 Å². The fourth-order valence-electron chi connectivity index (χ4n) is 1.42. The SMILES string of the molecule is CC1(C)SC1c1ccccc1O. The van der Waals surface area contributed by atoms with Gasteiger partial charge in [0, 0.05) is 15.6 Å². The number of benzene rings is 1. The van der Waals surface area contributed by atoms with Crippen molar-refractivity contribution >= 4 is 11.8 Å². The van der Waals surface area contributed by atoms with Gasteiger partial charge in [-0.3, -0.25) is 0 Å². The maximum atomic E-state index is 9.54. The highest BCUT2D eigenvalue weighted by molar-refractivity contribution is 8.08. The number of phenols is 1. The molecule has 1 N–H and O–H groups in total. The molecule has 2 rings (SSSR count). The summed E-state index contributed by atoms with van der Waals surface area (Å²) in [5, 5.41) is 10.0. The maximum Gasteiger partial charge on any atom is 0.119 e. The molecule has 0 aliphatic carbocycles. The van der Waals surface area contributed by atoms with Crippen molar-refractivity contribution in [2.24, 2.45) is 0 Å². The van der Waals surface area contributed by atoms with E-state index in [9.17, 15) is 5.11 Å². The number of hydrogen-bond acceptors (Lipinski definition) is 2. The summed E-state index contributed by atoms with van der Waals surface area (Å²) >= 11 is 1.90. The Morgan fingerprint density at radius 3 is 2.42 bits per heavy atom. The smallest absolute Gasteiger partial charge is 0.119 e. The molecular formula is C10H12OS. The summed E-state index contributed by atoms with van der Waals surface area (Å²) in [6, 6.07) is 7.59. The molecule has 12 heavy (non-hydrogen) atoms. The zero-order chi connectivity index (χ0) is 8.77. The van der Waals surface area contributed by atoms with Crippen molar-refractivity contribution in [2.75, 3.05) is 0 Å². The molecule has 2 heteroatoms. The normalized spacial score (nSPS) is 25.3. The zero-order valence-electron chi connectivity index (χ0n) is 7.24. The van der Waals surface area contributed by atoms with E-state index < -0.39 is 0 Å². The van der Waals surface area contributed by atoms with Gasteiger partial charge in [0.15, 0.2) is 0 Å². The average Bonchev–Trinajstić information content (AvgIpc) is 2.61. The highest BCUT2D eigenvalue weighted by atomic mass is 32.2. The van der Waals surface area contributed by atoms with Crippen LogP contribution in [0.15, 0.2) is 24.3 Å². The van der Waals surface area contributed by atoms with E-state index in [1.807, 2.05) is 30.0 Å². The van der Waals surface area contributed by atoms with Gasteiger partial charge in [-0.15, -0.1) is 11.8 Å². The van der Waals surface area contributed by atoms with E-state index in [0.717, 1.165) is 5.56 Å². The largest absolute Gasteiger partial charge is 0.508 e. The fourth-order valence-corrected chi connectivity index (χ4v) is 2.41. The second kappa shape index (κ2) is 2.43. The average molecular weight is 180 g/mol. The molecule has 1 unspecified atom stereocenters. The molecule has 1 heterocycles. The predicted octanol–water partition coefficient (Wildman–Crippen LogP) is 2.96. The lowest BCUT2D eigenvalue weighted by atomic mass is 10.0. The minimum Gasteiger partial charge on any atom is -0.508 e. The molecule has 0 spiro atoms. The number of hydrogen-bond donors (Lipinski definition) is 1. The molecule has 0 amide bonds. The van der Waals surface area contributed by atoms with Crippen LogP contribution in [0.3, 0.4) is 0 Å². The van der Waals surface area contributed by atoms with Gasteiger partial charge >= 0.3 is 0 Å². The Labute approximate surface area is 76.8 Å². The second-order valence-electron chi connectivity index (χ2n) is 3.66. The van der Waals surface area contributed by atoms with E-state index in [0.29, 0.717) is 15.7 Å². The Bertz CT molecular complexity index is 306. The summed E-state index contributed by atoms with van der Waals surface area (Å²) in [6.45, 7) is 4.41. The third-order valence-corrected chi connectivity index (χ3v) is 3.88. The van der Waals surface area contributed by atoms with Gasteiger partial charge in [-0.1, -0.05) is 18.2 Å². The number of thioether (sulfide) groups is 1. The predicted molar refractivity (Wildman–Crippen MR) is 52.5 cm³/mol. The summed E-state index contributed by atoms with van der Waals surface area (Å²) in [4.78, 5) is 0. The Morgan fingerprint density at radius 1 is 1.33 bits per heavy atom. The van der Waals surface area contributed by atoms with Crippen LogP contribution in [0.4, 0.5) is 0 Å². The number of para-hydroxylation sites is 1. The molecule has 1 fully saturated rings. The standard InChI is InChI=1S/C10H12OS/c1-10(2)9(12-10)7-5-3-4-6-8(7)11/h3-6,9,11H,1-2H3. The summed E-state index contributed by atoms with van der Waals surface area (Å²) < 4.78 is 0.318. The van der Waals surface area contributed by atoms with Crippen LogP contribution in [0.2, 0.25) is 0 Å². The summed E-state index contributed by atoms with van der Waals surface area (Å²) in [7, 11) is 0. The van der Waals surface area contributed by atoms with Crippen molar-refractivity contribution in [3.05, 3.63) is 29.8 Å². The minimum atomic E-state index is 0.318. The van der Waals surface area contributed by atoms with Gasteiger partial charge in [0.2, 0.25) is 0 Å². The number of phenolic OH excluding ortho intramolecular Hbond substituents is 1. The Kier molecular flexibility index (Phi) is 1.62. The summed E-state index contributed by atoms with van der Waals surface area (Å²) in [6.07, 6.45) is 0. The van der Waals surface area contributed by atoms with E-state index >= 15 is 0 Å². The molecule has 1 atom stereocenters. The van der Waals surface area contributed by atoms with Crippen LogP contribution in [0.5, 0.6) is 5.75 Å². The third-order valence-electron chi connectivity index (χ3n) is 2.22. The summed E-state index contributed by atoms with van der Waals surface area (Å²) in [5.41, 5.74) is 1.08. The molecule has 0 aromatic heterocycles. The van der Waals surface area contributed by atoms with E-state index in [1.54, 1.807) is 6.07 Å². The topological polar surface area (TPSA) is 20.2 Å². The van der Waals surface area contributed by atoms with Crippen molar-refractivity contribution in [3.8, 4) is 5.75 Å². The van der Waals surface area contributed by atoms with E-state index in [-0.39, 0.29) is 0 Å². The first-order valence-corrected chi connectivity index (χ1v) is 4.95. The number of rotatable bonds is 1. The van der Waals surface area contributed by atoms with Crippen LogP contribution in [-0.2, 0) is 0 Å². The molecule has 1 aliphatic heterocycles. The fraction of sp³-hybridized carbons (Fsp3) is 0.400. The molecule has 0 bridgehead atoms. The second-order valence-corrected chi connectivity index (χ2v) is 5.42. The minimum absolute atomic E-state index is 0.318. The zero-order valence-corrected chi connectivity index (χ0v) is 8.06. The molecule has 1 saturated heterocycles. The van der Waals surface area contributed by atoms with E-state index in [1.165, 1.54) is 0 Å². The Balaban J connectivity index is 2.31. The van der Waals surface area contributed by atoms with Crippen LogP contribution in [0.1, 0.15) is 24.7 Å². The number of aromatic hydroxyl groups is 1. The molecule has 64 valence electrons. The lowest BCUT2D eigenvalue weighted by Crippen LogP contribution is -1.96. The first-order valence-electron chi connectivity index (χ1n) is 4.07. The van der Waals surface area contributed by atoms with Gasteiger partial charge in [-0.25, -0.2) is 0 Å². The summed E-state index contributed by atoms with van der Waals surface area (Å²) in [5.74, 6) is 0.431. The molecule has 1 aliphatic rings. The maximum absolute atomic E-state index is 9.54. The lowest BCUT2D eigenvalue weighted by Gasteiger charge is -2.02. The monoisotopic (exact) mass is 180 g/mol. The molecule has 1 aromatic carbocycles. The van der Waals surface area contributed by atoms with Crippen LogP contribution in [-0.4, -0.2) is 9.85 Å². The van der Waals surface area contributed by atoms with Crippen molar-refractivity contribution in [1.29, 1.82) is 0 Å². The van der Waals surface area contributed by atoms with Gasteiger partial charge in [0.1, 0.15) is 5.75 Å². The van der Waals surface area contributed by atoms with E-state index in [2.05, 4.69) is 13.8 Å². The Hall–Kier alpha value is -0.630. The van der Waals surface area contributed by atoms with Crippen molar-refractivity contribution in [1.82, 2.24) is 0 Å². The highest BCUT2D eigenvalue weighted by Gasteiger charge is 2.48. The van der Waals surface area contributed by atoms with E-state index in [4.69, 9.17) is 0 Å². The van der Waals surface area contributed by atoms with Crippen molar-refractivity contribution < 1.29 is 5.11 Å². The third kappa shape index (κ3) is 1.20. The van der Waals surface area contributed by atoms with Crippen LogP contribution in [0.25, 0.3) is 0 Å². The Morgan fingerprint density at radius 2 is 1.92 bits per heavy atom. The quantitative estimate of drug-likeness (QED) is 0.670. The molecule has 0 radical (unpaired) electrons.